The highest BCUT2D eigenvalue weighted by molar-refractivity contribution is 9.10. The van der Waals surface area contributed by atoms with Gasteiger partial charge in [-0.3, -0.25) is 4.68 Å². The van der Waals surface area contributed by atoms with Crippen LogP contribution in [0.1, 0.15) is 17.7 Å². The minimum absolute atomic E-state index is 0.177. The van der Waals surface area contributed by atoms with Crippen molar-refractivity contribution in [3.8, 4) is 0 Å². The average Bonchev–Trinajstić information content (AvgIpc) is 3.05. The number of anilines is 1. The summed E-state index contributed by atoms with van der Waals surface area (Å²) in [6, 6.07) is 7.75. The Balaban J connectivity index is 2.04. The van der Waals surface area contributed by atoms with Crippen molar-refractivity contribution < 1.29 is 8.78 Å². The third kappa shape index (κ3) is 2.72. The Morgan fingerprint density at radius 3 is 2.81 bits per heavy atom. The molecule has 0 unspecified atom stereocenters. The molecule has 0 fully saturated rings. The van der Waals surface area contributed by atoms with E-state index in [2.05, 4.69) is 21.0 Å². The first kappa shape index (κ1) is 14.6. The molecule has 0 spiro atoms. The van der Waals surface area contributed by atoms with Gasteiger partial charge in [-0.25, -0.2) is 8.78 Å². The minimum Gasteiger partial charge on any atom is -0.329 e. The summed E-state index contributed by atoms with van der Waals surface area (Å²) in [5.74, 6) is 0.690. The van der Waals surface area contributed by atoms with E-state index < -0.39 is 6.43 Å². The van der Waals surface area contributed by atoms with E-state index in [9.17, 15) is 8.78 Å². The Morgan fingerprint density at radius 2 is 2.10 bits per heavy atom. The zero-order chi connectivity index (χ0) is 15.0. The van der Waals surface area contributed by atoms with Crippen molar-refractivity contribution in [3.05, 3.63) is 51.6 Å². The van der Waals surface area contributed by atoms with Crippen molar-refractivity contribution in [2.75, 3.05) is 10.8 Å². The fraction of sp³-hybridized carbons (Fsp3) is 0.214. The van der Waals surface area contributed by atoms with Crippen LogP contribution in [0, 0.1) is 0 Å². The third-order valence-corrected chi connectivity index (χ3v) is 4.64. The van der Waals surface area contributed by atoms with Gasteiger partial charge >= 0.3 is 0 Å². The third-order valence-electron chi connectivity index (χ3n) is 3.17. The number of hydrogen-bond donors (Lipinski definition) is 0. The Morgan fingerprint density at radius 1 is 1.33 bits per heavy atom. The van der Waals surface area contributed by atoms with Crippen LogP contribution in [0.25, 0.3) is 5.70 Å². The second-order valence-corrected chi connectivity index (χ2v) is 6.26. The van der Waals surface area contributed by atoms with Gasteiger partial charge in [-0.2, -0.15) is 5.10 Å². The Hall–Kier alpha value is -1.34. The summed E-state index contributed by atoms with van der Waals surface area (Å²) in [4.78, 5) is 2.01. The first-order chi connectivity index (χ1) is 10.1. The standard InChI is InChI=1S/C14H12BrF2N3S/c1-19-6-9(13(18-19)14(16)17)12-7-21-8-20(12)11-5-3-2-4-10(11)15/h2-7,14H,8H2,1H3. The van der Waals surface area contributed by atoms with Crippen LogP contribution in [0.3, 0.4) is 0 Å². The molecule has 1 aromatic heterocycles. The van der Waals surface area contributed by atoms with Gasteiger partial charge in [0, 0.05) is 23.3 Å². The number of aryl methyl sites for hydroxylation is 1. The molecule has 0 N–H and O–H groups in total. The summed E-state index contributed by atoms with van der Waals surface area (Å²) in [5.41, 5.74) is 2.02. The first-order valence-corrected chi connectivity index (χ1v) is 8.08. The van der Waals surface area contributed by atoms with Crippen molar-refractivity contribution in [2.45, 2.75) is 6.43 Å². The lowest BCUT2D eigenvalue weighted by Gasteiger charge is -2.22. The van der Waals surface area contributed by atoms with Gasteiger partial charge in [-0.1, -0.05) is 12.1 Å². The SMILES string of the molecule is Cn1cc(C2=CSCN2c2ccccc2Br)c(C(F)F)n1. The van der Waals surface area contributed by atoms with Gasteiger partial charge in [0.1, 0.15) is 5.69 Å². The van der Waals surface area contributed by atoms with Crippen molar-refractivity contribution in [1.29, 1.82) is 0 Å². The maximum absolute atomic E-state index is 13.2. The van der Waals surface area contributed by atoms with Gasteiger partial charge < -0.3 is 4.90 Å². The van der Waals surface area contributed by atoms with E-state index in [4.69, 9.17) is 0 Å². The summed E-state index contributed by atoms with van der Waals surface area (Å²) in [7, 11) is 1.65. The molecule has 0 aliphatic carbocycles. The summed E-state index contributed by atoms with van der Waals surface area (Å²) in [6.45, 7) is 0. The van der Waals surface area contributed by atoms with Gasteiger partial charge in [0.2, 0.25) is 0 Å². The average molecular weight is 372 g/mol. The number of nitrogens with zero attached hydrogens (tertiary/aromatic N) is 3. The van der Waals surface area contributed by atoms with E-state index in [1.807, 2.05) is 34.6 Å². The largest absolute Gasteiger partial charge is 0.329 e. The van der Waals surface area contributed by atoms with Crippen LogP contribution in [0.5, 0.6) is 0 Å². The van der Waals surface area contributed by atoms with E-state index in [1.54, 1.807) is 25.0 Å². The molecule has 110 valence electrons. The van der Waals surface area contributed by atoms with E-state index >= 15 is 0 Å². The van der Waals surface area contributed by atoms with Crippen LogP contribution in [-0.2, 0) is 7.05 Å². The predicted molar refractivity (Wildman–Crippen MR) is 85.2 cm³/mol. The van der Waals surface area contributed by atoms with E-state index in [0.717, 1.165) is 15.9 Å². The van der Waals surface area contributed by atoms with Crippen molar-refractivity contribution >= 4 is 39.1 Å². The number of rotatable bonds is 3. The fourth-order valence-electron chi connectivity index (χ4n) is 2.27. The summed E-state index contributed by atoms with van der Waals surface area (Å²) in [5, 5.41) is 5.79. The van der Waals surface area contributed by atoms with Gasteiger partial charge in [0.15, 0.2) is 0 Å². The van der Waals surface area contributed by atoms with Crippen LogP contribution >= 0.6 is 27.7 Å². The molecule has 0 amide bonds. The van der Waals surface area contributed by atoms with Crippen molar-refractivity contribution in [3.63, 3.8) is 0 Å². The second-order valence-electron chi connectivity index (χ2n) is 4.58. The summed E-state index contributed by atoms with van der Waals surface area (Å²) < 4.78 is 28.7. The first-order valence-electron chi connectivity index (χ1n) is 6.24. The van der Waals surface area contributed by atoms with Gasteiger partial charge in [-0.15, -0.1) is 11.8 Å². The predicted octanol–water partition coefficient (Wildman–Crippen LogP) is 4.63. The normalized spacial score (nSPS) is 14.9. The minimum atomic E-state index is -2.59. The molecule has 1 aliphatic heterocycles. The lowest BCUT2D eigenvalue weighted by atomic mass is 10.1. The maximum Gasteiger partial charge on any atom is 0.282 e. The number of aromatic nitrogens is 2. The number of para-hydroxylation sites is 1. The van der Waals surface area contributed by atoms with E-state index in [-0.39, 0.29) is 5.69 Å². The van der Waals surface area contributed by atoms with Crippen LogP contribution in [0.4, 0.5) is 14.5 Å². The summed E-state index contributed by atoms with van der Waals surface area (Å²) >= 11 is 5.09. The monoisotopic (exact) mass is 371 g/mol. The zero-order valence-electron chi connectivity index (χ0n) is 11.1. The molecule has 3 nitrogen and oxygen atoms in total. The molecule has 1 aliphatic rings. The van der Waals surface area contributed by atoms with E-state index in [1.165, 1.54) is 4.68 Å². The second kappa shape index (κ2) is 5.81. The number of halogens is 3. The molecule has 3 rings (SSSR count). The molecule has 7 heteroatoms. The smallest absolute Gasteiger partial charge is 0.282 e. The molecule has 0 saturated heterocycles. The van der Waals surface area contributed by atoms with E-state index in [0.29, 0.717) is 11.4 Å². The lowest BCUT2D eigenvalue weighted by molar-refractivity contribution is 0.145. The highest BCUT2D eigenvalue weighted by atomic mass is 79.9. The van der Waals surface area contributed by atoms with Crippen LogP contribution in [-0.4, -0.2) is 15.7 Å². The Labute approximate surface area is 133 Å². The molecule has 0 radical (unpaired) electrons. The summed E-state index contributed by atoms with van der Waals surface area (Å²) in [6.07, 6.45) is -0.947. The molecule has 2 heterocycles. The number of hydrogen-bond acceptors (Lipinski definition) is 3. The van der Waals surface area contributed by atoms with Gasteiger partial charge in [0.05, 0.1) is 17.3 Å². The highest BCUT2D eigenvalue weighted by Crippen LogP contribution is 2.40. The molecular weight excluding hydrogens is 360 g/mol. The Bertz CT molecular complexity index is 699. The number of alkyl halides is 2. The number of thioether (sulfide) groups is 1. The molecule has 0 saturated carbocycles. The van der Waals surface area contributed by atoms with Crippen LogP contribution < -0.4 is 4.90 Å². The van der Waals surface area contributed by atoms with Gasteiger partial charge in [0.25, 0.3) is 6.43 Å². The quantitative estimate of drug-likeness (QED) is 0.784. The maximum atomic E-state index is 13.2. The number of benzene rings is 1. The van der Waals surface area contributed by atoms with Crippen LogP contribution in [0.2, 0.25) is 0 Å². The fourth-order valence-corrected chi connectivity index (χ4v) is 3.68. The van der Waals surface area contributed by atoms with Crippen LogP contribution in [0.15, 0.2) is 40.3 Å². The Kier molecular flexibility index (Phi) is 4.03. The molecule has 0 atom stereocenters. The zero-order valence-corrected chi connectivity index (χ0v) is 13.5. The molecular formula is C14H12BrF2N3S. The molecule has 21 heavy (non-hydrogen) atoms. The lowest BCUT2D eigenvalue weighted by Crippen LogP contribution is -2.17. The molecule has 1 aromatic carbocycles. The van der Waals surface area contributed by atoms with Crippen molar-refractivity contribution in [1.82, 2.24) is 9.78 Å². The van der Waals surface area contributed by atoms with Crippen molar-refractivity contribution in [2.24, 2.45) is 7.05 Å². The highest BCUT2D eigenvalue weighted by Gasteiger charge is 2.27. The molecule has 2 aromatic rings. The van der Waals surface area contributed by atoms with Gasteiger partial charge in [-0.05, 0) is 33.5 Å². The topological polar surface area (TPSA) is 21.1 Å². The molecule has 0 bridgehead atoms.